The largest absolute Gasteiger partial charge is 0.493 e. The lowest BCUT2D eigenvalue weighted by atomic mass is 9.89. The summed E-state index contributed by atoms with van der Waals surface area (Å²) < 4.78 is 11.1. The quantitative estimate of drug-likeness (QED) is 0.910. The van der Waals surface area contributed by atoms with Gasteiger partial charge in [0.25, 0.3) is 0 Å². The Morgan fingerprint density at radius 1 is 1.05 bits per heavy atom. The summed E-state index contributed by atoms with van der Waals surface area (Å²) in [6.07, 6.45) is -0.537. The number of fused-ring (bicyclic) bond motifs is 2. The molecule has 2 heterocycles. The molecule has 2 unspecified atom stereocenters. The number of hydrogen-bond donors (Lipinski definition) is 1. The van der Waals surface area contributed by atoms with Crippen molar-refractivity contribution in [1.82, 2.24) is 0 Å². The fraction of sp³-hybridized carbons (Fsp3) is 0.294. The van der Waals surface area contributed by atoms with Gasteiger partial charge >= 0.3 is 0 Å². The third-order valence-electron chi connectivity index (χ3n) is 4.20. The average Bonchev–Trinajstić information content (AvgIpc) is 3.12. The van der Waals surface area contributed by atoms with Crippen LogP contribution in [0.15, 0.2) is 42.5 Å². The highest BCUT2D eigenvalue weighted by Crippen LogP contribution is 2.41. The standard InChI is InChI=1S/C17H16O3/c18-17(11-5-6-12-8-19-9-13(12)7-11)15-10-20-16-4-2-1-3-14(15)16/h1-7,15,17-18H,8-10H2. The minimum atomic E-state index is -0.537. The molecule has 0 saturated carbocycles. The van der Waals surface area contributed by atoms with Gasteiger partial charge in [-0.2, -0.15) is 0 Å². The molecule has 20 heavy (non-hydrogen) atoms. The average molecular weight is 268 g/mol. The van der Waals surface area contributed by atoms with Crippen LogP contribution in [0.5, 0.6) is 5.75 Å². The van der Waals surface area contributed by atoms with Crippen molar-refractivity contribution in [3.63, 3.8) is 0 Å². The lowest BCUT2D eigenvalue weighted by Gasteiger charge is -2.18. The topological polar surface area (TPSA) is 38.7 Å². The predicted molar refractivity (Wildman–Crippen MR) is 74.6 cm³/mol. The molecule has 0 saturated heterocycles. The van der Waals surface area contributed by atoms with E-state index >= 15 is 0 Å². The summed E-state index contributed by atoms with van der Waals surface area (Å²) in [4.78, 5) is 0. The van der Waals surface area contributed by atoms with Crippen molar-refractivity contribution in [2.45, 2.75) is 25.2 Å². The van der Waals surface area contributed by atoms with Crippen LogP contribution in [0.1, 0.15) is 34.3 Å². The Labute approximate surface area is 117 Å². The van der Waals surface area contributed by atoms with Crippen LogP contribution in [0, 0.1) is 0 Å². The van der Waals surface area contributed by atoms with Gasteiger partial charge in [0.05, 0.1) is 31.8 Å². The van der Waals surface area contributed by atoms with Gasteiger partial charge in [-0.25, -0.2) is 0 Å². The van der Waals surface area contributed by atoms with E-state index in [-0.39, 0.29) is 5.92 Å². The van der Waals surface area contributed by atoms with Crippen LogP contribution in [0.2, 0.25) is 0 Å². The summed E-state index contributed by atoms with van der Waals surface area (Å²) in [6.45, 7) is 1.86. The van der Waals surface area contributed by atoms with E-state index in [1.807, 2.05) is 30.3 Å². The third kappa shape index (κ3) is 1.82. The molecule has 0 aromatic heterocycles. The van der Waals surface area contributed by atoms with Crippen LogP contribution >= 0.6 is 0 Å². The first-order chi connectivity index (χ1) is 9.83. The van der Waals surface area contributed by atoms with Gasteiger partial charge in [-0.05, 0) is 22.8 Å². The molecule has 0 amide bonds. The highest BCUT2D eigenvalue weighted by molar-refractivity contribution is 5.42. The Kier molecular flexibility index (Phi) is 2.76. The molecule has 0 bridgehead atoms. The fourth-order valence-electron chi connectivity index (χ4n) is 3.06. The minimum Gasteiger partial charge on any atom is -0.493 e. The number of ether oxygens (including phenoxy) is 2. The molecule has 2 aliphatic rings. The Morgan fingerprint density at radius 2 is 1.90 bits per heavy atom. The minimum absolute atomic E-state index is 0.00608. The number of hydrogen-bond acceptors (Lipinski definition) is 3. The van der Waals surface area contributed by atoms with E-state index in [9.17, 15) is 5.11 Å². The maximum atomic E-state index is 10.7. The number of aliphatic hydroxyl groups excluding tert-OH is 1. The Morgan fingerprint density at radius 3 is 2.85 bits per heavy atom. The first-order valence-corrected chi connectivity index (χ1v) is 6.92. The third-order valence-corrected chi connectivity index (χ3v) is 4.20. The van der Waals surface area contributed by atoms with E-state index in [2.05, 4.69) is 12.1 Å². The molecule has 0 fully saturated rings. The van der Waals surface area contributed by atoms with Crippen LogP contribution in [0.25, 0.3) is 0 Å². The molecule has 1 N–H and O–H groups in total. The van der Waals surface area contributed by atoms with Crippen molar-refractivity contribution in [1.29, 1.82) is 0 Å². The summed E-state index contributed by atoms with van der Waals surface area (Å²) in [5.41, 5.74) is 4.45. The van der Waals surface area contributed by atoms with Gasteiger partial charge in [-0.15, -0.1) is 0 Å². The molecule has 2 aromatic carbocycles. The van der Waals surface area contributed by atoms with Crippen LogP contribution in [-0.4, -0.2) is 11.7 Å². The molecule has 2 aliphatic heterocycles. The van der Waals surface area contributed by atoms with Gasteiger partial charge in [0.2, 0.25) is 0 Å². The maximum Gasteiger partial charge on any atom is 0.123 e. The van der Waals surface area contributed by atoms with E-state index < -0.39 is 6.10 Å². The summed E-state index contributed by atoms with van der Waals surface area (Å²) in [5, 5.41) is 10.7. The molecule has 3 heteroatoms. The predicted octanol–water partition coefficient (Wildman–Crippen LogP) is 2.93. The summed E-state index contributed by atoms with van der Waals surface area (Å²) in [7, 11) is 0. The van der Waals surface area contributed by atoms with Gasteiger partial charge in [0.1, 0.15) is 5.75 Å². The lowest BCUT2D eigenvalue weighted by Crippen LogP contribution is -2.12. The Hall–Kier alpha value is -1.84. The number of para-hydroxylation sites is 1. The molecule has 2 atom stereocenters. The highest BCUT2D eigenvalue weighted by atomic mass is 16.5. The highest BCUT2D eigenvalue weighted by Gasteiger charge is 2.31. The zero-order valence-electron chi connectivity index (χ0n) is 11.1. The summed E-state index contributed by atoms with van der Waals surface area (Å²) in [5.74, 6) is 0.896. The molecule has 3 nitrogen and oxygen atoms in total. The Balaban J connectivity index is 1.67. The number of aliphatic hydroxyl groups is 1. The van der Waals surface area contributed by atoms with Crippen molar-refractivity contribution < 1.29 is 14.6 Å². The van der Waals surface area contributed by atoms with Crippen molar-refractivity contribution in [2.75, 3.05) is 6.61 Å². The van der Waals surface area contributed by atoms with Crippen LogP contribution in [0.3, 0.4) is 0 Å². The fourth-order valence-corrected chi connectivity index (χ4v) is 3.06. The van der Waals surface area contributed by atoms with E-state index in [0.717, 1.165) is 16.9 Å². The number of rotatable bonds is 2. The van der Waals surface area contributed by atoms with Gasteiger partial charge in [-0.1, -0.05) is 36.4 Å². The molecule has 0 aliphatic carbocycles. The van der Waals surface area contributed by atoms with E-state index in [4.69, 9.17) is 9.47 Å². The second-order valence-electron chi connectivity index (χ2n) is 5.42. The SMILES string of the molecule is OC(c1ccc2c(c1)COC2)C1COc2ccccc21. The van der Waals surface area contributed by atoms with Crippen LogP contribution < -0.4 is 4.74 Å². The smallest absolute Gasteiger partial charge is 0.123 e. The second-order valence-corrected chi connectivity index (χ2v) is 5.42. The molecule has 0 radical (unpaired) electrons. The molecule has 102 valence electrons. The monoisotopic (exact) mass is 268 g/mol. The first kappa shape index (κ1) is 11.9. The maximum absolute atomic E-state index is 10.7. The van der Waals surface area contributed by atoms with E-state index in [1.165, 1.54) is 11.1 Å². The van der Waals surface area contributed by atoms with Gasteiger partial charge in [-0.3, -0.25) is 0 Å². The van der Waals surface area contributed by atoms with Crippen molar-refractivity contribution in [2.24, 2.45) is 0 Å². The molecule has 4 rings (SSSR count). The number of benzene rings is 2. The molecule has 0 spiro atoms. The summed E-state index contributed by atoms with van der Waals surface area (Å²) in [6, 6.07) is 14.1. The van der Waals surface area contributed by atoms with Gasteiger partial charge in [0.15, 0.2) is 0 Å². The van der Waals surface area contributed by atoms with Crippen LogP contribution in [0.4, 0.5) is 0 Å². The van der Waals surface area contributed by atoms with Crippen molar-refractivity contribution in [3.8, 4) is 5.75 Å². The van der Waals surface area contributed by atoms with E-state index in [1.54, 1.807) is 0 Å². The van der Waals surface area contributed by atoms with Gasteiger partial charge < -0.3 is 14.6 Å². The van der Waals surface area contributed by atoms with Crippen molar-refractivity contribution >= 4 is 0 Å². The zero-order chi connectivity index (χ0) is 13.5. The van der Waals surface area contributed by atoms with E-state index in [0.29, 0.717) is 19.8 Å². The first-order valence-electron chi connectivity index (χ1n) is 6.92. The lowest BCUT2D eigenvalue weighted by molar-refractivity contribution is 0.129. The Bertz CT molecular complexity index is 650. The second kappa shape index (κ2) is 4.62. The van der Waals surface area contributed by atoms with Crippen LogP contribution in [-0.2, 0) is 18.0 Å². The normalized spacial score (nSPS) is 21.1. The zero-order valence-corrected chi connectivity index (χ0v) is 11.1. The summed E-state index contributed by atoms with van der Waals surface area (Å²) >= 11 is 0. The molecular weight excluding hydrogens is 252 g/mol. The van der Waals surface area contributed by atoms with Crippen molar-refractivity contribution in [3.05, 3.63) is 64.7 Å². The molecular formula is C17H16O3. The molecule has 2 aromatic rings. The van der Waals surface area contributed by atoms with Gasteiger partial charge in [0, 0.05) is 5.56 Å².